The van der Waals surface area contributed by atoms with Crippen molar-refractivity contribution in [3.8, 4) is 5.75 Å². The number of hydrogen-bond acceptors (Lipinski definition) is 6. The van der Waals surface area contributed by atoms with Gasteiger partial charge in [0, 0.05) is 29.6 Å². The molecule has 1 aromatic heterocycles. The SMILES string of the molecule is COc1ccc(C(=O)N2CCC3NC(=O)C4CC(NC(=O)Cc5cccs5)CN4C(=O)C32)cc1. The van der Waals surface area contributed by atoms with Gasteiger partial charge in [0.25, 0.3) is 5.91 Å². The van der Waals surface area contributed by atoms with Crippen molar-refractivity contribution in [3.05, 3.63) is 52.2 Å². The van der Waals surface area contributed by atoms with Crippen LogP contribution < -0.4 is 15.4 Å². The lowest BCUT2D eigenvalue weighted by atomic mass is 10.1. The molecule has 0 bridgehead atoms. The predicted molar refractivity (Wildman–Crippen MR) is 124 cm³/mol. The van der Waals surface area contributed by atoms with E-state index in [4.69, 9.17) is 4.74 Å². The number of thiophene rings is 1. The van der Waals surface area contributed by atoms with Crippen LogP contribution in [0.2, 0.25) is 0 Å². The van der Waals surface area contributed by atoms with Crippen LogP contribution in [0.1, 0.15) is 28.1 Å². The first-order valence-corrected chi connectivity index (χ1v) is 12.2. The Hall–Kier alpha value is -3.40. The molecule has 3 saturated heterocycles. The van der Waals surface area contributed by atoms with Crippen LogP contribution in [0.5, 0.6) is 5.75 Å². The molecule has 10 heteroatoms. The molecule has 0 radical (unpaired) electrons. The molecule has 1 aromatic carbocycles. The van der Waals surface area contributed by atoms with Gasteiger partial charge in [0.05, 0.1) is 19.6 Å². The monoisotopic (exact) mass is 482 g/mol. The van der Waals surface area contributed by atoms with Crippen molar-refractivity contribution in [1.29, 1.82) is 0 Å². The predicted octanol–water partition coefficient (Wildman–Crippen LogP) is 0.798. The second kappa shape index (κ2) is 9.09. The molecule has 3 aliphatic heterocycles. The third-order valence-electron chi connectivity index (χ3n) is 6.74. The second-order valence-corrected chi connectivity index (χ2v) is 9.87. The van der Waals surface area contributed by atoms with Gasteiger partial charge in [-0.2, -0.15) is 0 Å². The third-order valence-corrected chi connectivity index (χ3v) is 7.62. The molecule has 0 aliphatic carbocycles. The van der Waals surface area contributed by atoms with Crippen LogP contribution in [-0.4, -0.2) is 77.8 Å². The minimum atomic E-state index is -0.760. The maximum absolute atomic E-state index is 13.6. The van der Waals surface area contributed by atoms with E-state index in [9.17, 15) is 19.2 Å². The fraction of sp³-hybridized carbons (Fsp3) is 0.417. The number of rotatable bonds is 5. The summed E-state index contributed by atoms with van der Waals surface area (Å²) in [6.07, 6.45) is 1.15. The zero-order valence-corrected chi connectivity index (χ0v) is 19.5. The van der Waals surface area contributed by atoms with Crippen molar-refractivity contribution in [2.45, 2.75) is 43.4 Å². The normalized spacial score (nSPS) is 25.9. The lowest BCUT2D eigenvalue weighted by Crippen LogP contribution is -2.52. The van der Waals surface area contributed by atoms with Gasteiger partial charge in [0.1, 0.15) is 17.8 Å². The number of ether oxygens (including phenoxy) is 1. The first kappa shape index (κ1) is 22.4. The van der Waals surface area contributed by atoms with Gasteiger partial charge in [-0.3, -0.25) is 19.2 Å². The Labute approximate surface area is 201 Å². The molecule has 4 heterocycles. The summed E-state index contributed by atoms with van der Waals surface area (Å²) in [7, 11) is 1.55. The number of likely N-dealkylation sites (tertiary alicyclic amines) is 1. The van der Waals surface area contributed by atoms with Crippen molar-refractivity contribution < 1.29 is 23.9 Å². The van der Waals surface area contributed by atoms with Gasteiger partial charge in [-0.1, -0.05) is 6.07 Å². The zero-order valence-electron chi connectivity index (χ0n) is 18.7. The highest BCUT2D eigenvalue weighted by Gasteiger charge is 2.52. The van der Waals surface area contributed by atoms with E-state index in [1.807, 2.05) is 17.5 Å². The Kier molecular flexibility index (Phi) is 5.99. The van der Waals surface area contributed by atoms with E-state index in [-0.39, 0.29) is 42.6 Å². The number of fused-ring (bicyclic) bond motifs is 2. The van der Waals surface area contributed by atoms with Crippen molar-refractivity contribution in [3.63, 3.8) is 0 Å². The summed E-state index contributed by atoms with van der Waals surface area (Å²) < 4.78 is 5.16. The zero-order chi connectivity index (χ0) is 23.8. The van der Waals surface area contributed by atoms with Gasteiger partial charge in [-0.05, 0) is 48.6 Å². The van der Waals surface area contributed by atoms with E-state index in [1.54, 1.807) is 36.3 Å². The molecular formula is C24H26N4O5S. The Morgan fingerprint density at radius 2 is 2.00 bits per heavy atom. The topological polar surface area (TPSA) is 108 Å². The third kappa shape index (κ3) is 4.13. The van der Waals surface area contributed by atoms with Crippen LogP contribution in [-0.2, 0) is 20.8 Å². The lowest BCUT2D eigenvalue weighted by Gasteiger charge is -2.29. The molecule has 9 nitrogen and oxygen atoms in total. The Morgan fingerprint density at radius 3 is 2.71 bits per heavy atom. The molecule has 4 amide bonds. The van der Waals surface area contributed by atoms with Crippen LogP contribution in [0, 0.1) is 0 Å². The molecule has 2 aromatic rings. The minimum absolute atomic E-state index is 0.131. The minimum Gasteiger partial charge on any atom is -0.497 e. The summed E-state index contributed by atoms with van der Waals surface area (Å²) in [6, 6.07) is 8.42. The summed E-state index contributed by atoms with van der Waals surface area (Å²) in [5.41, 5.74) is 0.460. The van der Waals surface area contributed by atoms with Gasteiger partial charge in [-0.25, -0.2) is 0 Å². The van der Waals surface area contributed by atoms with E-state index < -0.39 is 18.1 Å². The highest BCUT2D eigenvalue weighted by molar-refractivity contribution is 7.10. The van der Waals surface area contributed by atoms with Crippen molar-refractivity contribution in [2.75, 3.05) is 20.2 Å². The molecule has 0 spiro atoms. The number of carbonyl (C=O) groups excluding carboxylic acids is 4. The summed E-state index contributed by atoms with van der Waals surface area (Å²) >= 11 is 1.51. The summed E-state index contributed by atoms with van der Waals surface area (Å²) in [5, 5.41) is 7.87. The molecule has 4 atom stereocenters. The number of nitrogens with zero attached hydrogens (tertiary/aromatic N) is 2. The van der Waals surface area contributed by atoms with Crippen LogP contribution in [0.3, 0.4) is 0 Å². The van der Waals surface area contributed by atoms with Gasteiger partial charge >= 0.3 is 0 Å². The Bertz CT molecular complexity index is 1100. The van der Waals surface area contributed by atoms with E-state index in [1.165, 1.54) is 16.2 Å². The van der Waals surface area contributed by atoms with Gasteiger partial charge in [-0.15, -0.1) is 11.3 Å². The molecule has 0 saturated carbocycles. The summed E-state index contributed by atoms with van der Waals surface area (Å²) in [4.78, 5) is 56.3. The van der Waals surface area contributed by atoms with Crippen molar-refractivity contribution in [1.82, 2.24) is 20.4 Å². The summed E-state index contributed by atoms with van der Waals surface area (Å²) in [6.45, 7) is 0.632. The largest absolute Gasteiger partial charge is 0.497 e. The molecule has 34 heavy (non-hydrogen) atoms. The fourth-order valence-electron chi connectivity index (χ4n) is 5.11. The number of hydrogen-bond donors (Lipinski definition) is 2. The standard InChI is InChI=1S/C24H26N4O5S/c1-33-16-6-4-14(5-7-16)23(31)27-9-8-18-21(27)24(32)28-13-15(11-19(28)22(30)26-18)25-20(29)12-17-3-2-10-34-17/h2-7,10,15,18-19,21H,8-9,11-13H2,1H3,(H,25,29)(H,26,30). The maximum Gasteiger partial charge on any atom is 0.254 e. The van der Waals surface area contributed by atoms with E-state index in [2.05, 4.69) is 10.6 Å². The Balaban J connectivity index is 1.30. The lowest BCUT2D eigenvalue weighted by molar-refractivity contribution is -0.138. The molecular weight excluding hydrogens is 456 g/mol. The quantitative estimate of drug-likeness (QED) is 0.656. The van der Waals surface area contributed by atoms with Crippen LogP contribution >= 0.6 is 11.3 Å². The maximum atomic E-state index is 13.6. The fourth-order valence-corrected chi connectivity index (χ4v) is 5.81. The number of methoxy groups -OCH3 is 1. The highest BCUT2D eigenvalue weighted by Crippen LogP contribution is 2.30. The van der Waals surface area contributed by atoms with Crippen LogP contribution in [0.15, 0.2) is 41.8 Å². The van der Waals surface area contributed by atoms with E-state index >= 15 is 0 Å². The van der Waals surface area contributed by atoms with Gasteiger partial charge in [0.15, 0.2) is 0 Å². The molecule has 2 N–H and O–H groups in total. The molecule has 4 unspecified atom stereocenters. The van der Waals surface area contributed by atoms with Crippen LogP contribution in [0.4, 0.5) is 0 Å². The van der Waals surface area contributed by atoms with Crippen molar-refractivity contribution >= 4 is 35.0 Å². The first-order valence-electron chi connectivity index (χ1n) is 11.3. The highest BCUT2D eigenvalue weighted by atomic mass is 32.1. The van der Waals surface area contributed by atoms with Crippen LogP contribution in [0.25, 0.3) is 0 Å². The number of amides is 4. The molecule has 178 valence electrons. The summed E-state index contributed by atoms with van der Waals surface area (Å²) in [5.74, 6) is -0.220. The van der Waals surface area contributed by atoms with Crippen molar-refractivity contribution in [2.24, 2.45) is 0 Å². The average molecular weight is 483 g/mol. The molecule has 5 rings (SSSR count). The van der Waals surface area contributed by atoms with Gasteiger partial charge in [0.2, 0.25) is 17.7 Å². The van der Waals surface area contributed by atoms with Gasteiger partial charge < -0.3 is 25.2 Å². The second-order valence-electron chi connectivity index (χ2n) is 8.84. The average Bonchev–Trinajstić information content (AvgIpc) is 3.57. The van der Waals surface area contributed by atoms with E-state index in [0.29, 0.717) is 30.7 Å². The molecule has 3 aliphatic rings. The number of benzene rings is 1. The molecule has 3 fully saturated rings. The first-order chi connectivity index (χ1) is 16.4. The number of carbonyl (C=O) groups is 4. The van der Waals surface area contributed by atoms with E-state index in [0.717, 1.165) is 4.88 Å². The Morgan fingerprint density at radius 1 is 1.21 bits per heavy atom. The smallest absolute Gasteiger partial charge is 0.254 e. The number of nitrogens with one attached hydrogen (secondary N) is 2.